The lowest BCUT2D eigenvalue weighted by Gasteiger charge is -2.55. The summed E-state index contributed by atoms with van der Waals surface area (Å²) < 4.78 is 11.8. The van der Waals surface area contributed by atoms with Crippen LogP contribution in [0.5, 0.6) is 0 Å². The van der Waals surface area contributed by atoms with Crippen LogP contribution in [0.1, 0.15) is 48.2 Å². The Hall–Kier alpha value is -1.47. The molecular weight excluding hydrogens is 352 g/mol. The topological polar surface area (TPSA) is 69.9 Å². The second-order valence-corrected chi connectivity index (χ2v) is 9.18. The minimum Gasteiger partial charge on any atom is -0.465 e. The maximum Gasteiger partial charge on any atom is 0.349 e. The molecule has 7 heteroatoms. The normalized spacial score (nSPS) is 32.8. The predicted molar refractivity (Wildman–Crippen MR) is 96.7 cm³/mol. The summed E-state index contributed by atoms with van der Waals surface area (Å²) in [6.07, 6.45) is 8.59. The first-order valence-electron chi connectivity index (χ1n) is 9.39. The van der Waals surface area contributed by atoms with Gasteiger partial charge in [-0.15, -0.1) is 0 Å². The van der Waals surface area contributed by atoms with Gasteiger partial charge in [-0.05, 0) is 56.3 Å². The summed E-state index contributed by atoms with van der Waals surface area (Å²) in [7, 11) is 2.99. The molecule has 4 saturated carbocycles. The number of hydrogen-bond donors (Lipinski definition) is 0. The molecule has 0 unspecified atom stereocenters. The highest BCUT2D eigenvalue weighted by Gasteiger charge is 2.54. The van der Waals surface area contributed by atoms with Crippen molar-refractivity contribution in [2.45, 2.75) is 45.1 Å². The fourth-order valence-corrected chi connectivity index (χ4v) is 6.52. The maximum absolute atomic E-state index is 13.2. The van der Waals surface area contributed by atoms with Gasteiger partial charge in [-0.2, -0.15) is 4.99 Å². The first-order valence-corrected chi connectivity index (χ1v) is 10.2. The average molecular weight is 378 g/mol. The summed E-state index contributed by atoms with van der Waals surface area (Å²) in [5.41, 5.74) is -0.261. The number of thiazole rings is 1. The van der Waals surface area contributed by atoms with E-state index in [1.54, 1.807) is 13.3 Å². The number of nitrogens with zero attached hydrogens (tertiary/aromatic N) is 2. The van der Waals surface area contributed by atoms with Crippen LogP contribution in [-0.4, -0.2) is 37.3 Å². The highest BCUT2D eigenvalue weighted by molar-refractivity contribution is 7.11. The second kappa shape index (κ2) is 6.93. The standard InChI is InChI=1S/C19H26N2O4S/c1-24-4-3-21-11-15(16(22)25-2)26-18(21)20-17(23)19-8-12-5-13(9-19)7-14(6-12)10-19/h11-14H,3-10H2,1-2H3. The monoisotopic (exact) mass is 378 g/mol. The maximum atomic E-state index is 13.2. The van der Waals surface area contributed by atoms with E-state index in [4.69, 9.17) is 9.47 Å². The first-order chi connectivity index (χ1) is 12.5. The fraction of sp³-hybridized carbons (Fsp3) is 0.737. The largest absolute Gasteiger partial charge is 0.465 e. The Morgan fingerprint density at radius 3 is 2.35 bits per heavy atom. The average Bonchev–Trinajstić information content (AvgIpc) is 3.00. The van der Waals surface area contributed by atoms with Gasteiger partial charge in [0.1, 0.15) is 4.88 Å². The zero-order valence-corrected chi connectivity index (χ0v) is 16.2. The van der Waals surface area contributed by atoms with Gasteiger partial charge < -0.3 is 14.0 Å². The van der Waals surface area contributed by atoms with Gasteiger partial charge in [0, 0.05) is 19.9 Å². The molecule has 0 aliphatic heterocycles. The van der Waals surface area contributed by atoms with Crippen molar-refractivity contribution >= 4 is 23.2 Å². The van der Waals surface area contributed by atoms with Crippen LogP contribution in [0.25, 0.3) is 0 Å². The third-order valence-corrected chi connectivity index (χ3v) is 7.33. The molecule has 1 aromatic rings. The lowest BCUT2D eigenvalue weighted by Crippen LogP contribution is -2.50. The van der Waals surface area contributed by atoms with Gasteiger partial charge in [0.25, 0.3) is 5.91 Å². The van der Waals surface area contributed by atoms with Gasteiger partial charge in [0.15, 0.2) is 4.80 Å². The molecule has 0 N–H and O–H groups in total. The number of rotatable bonds is 5. The predicted octanol–water partition coefficient (Wildman–Crippen LogP) is 2.63. The van der Waals surface area contributed by atoms with Crippen LogP contribution in [0.15, 0.2) is 11.2 Å². The Morgan fingerprint density at radius 2 is 1.81 bits per heavy atom. The number of esters is 1. The third-order valence-electron chi connectivity index (χ3n) is 6.33. The van der Waals surface area contributed by atoms with Crippen LogP contribution < -0.4 is 4.80 Å². The molecule has 1 amide bonds. The summed E-state index contributed by atoms with van der Waals surface area (Å²) in [5, 5.41) is 0. The minimum atomic E-state index is -0.398. The number of methoxy groups -OCH3 is 2. The van der Waals surface area contributed by atoms with Gasteiger partial charge >= 0.3 is 5.97 Å². The Balaban J connectivity index is 1.65. The van der Waals surface area contributed by atoms with Crippen molar-refractivity contribution in [1.82, 2.24) is 4.57 Å². The smallest absolute Gasteiger partial charge is 0.349 e. The number of ether oxygens (including phenoxy) is 2. The fourth-order valence-electron chi connectivity index (χ4n) is 5.59. The van der Waals surface area contributed by atoms with Gasteiger partial charge in [-0.1, -0.05) is 11.3 Å². The molecule has 0 aromatic carbocycles. The number of hydrogen-bond acceptors (Lipinski definition) is 5. The SMILES string of the molecule is COCCn1cc(C(=O)OC)sc1=NC(=O)C12CC3CC(CC(C3)C1)C2. The highest BCUT2D eigenvalue weighted by Crippen LogP contribution is 2.60. The molecule has 26 heavy (non-hydrogen) atoms. The lowest BCUT2D eigenvalue weighted by molar-refractivity contribution is -0.142. The van der Waals surface area contributed by atoms with Crippen molar-refractivity contribution in [3.05, 3.63) is 15.9 Å². The lowest BCUT2D eigenvalue weighted by atomic mass is 9.49. The summed E-state index contributed by atoms with van der Waals surface area (Å²) in [4.78, 5) is 30.6. The third kappa shape index (κ3) is 3.16. The van der Waals surface area contributed by atoms with E-state index in [-0.39, 0.29) is 11.3 Å². The Labute approximate surface area is 157 Å². The molecule has 1 heterocycles. The van der Waals surface area contributed by atoms with Gasteiger partial charge in [0.05, 0.1) is 19.1 Å². The van der Waals surface area contributed by atoms with E-state index in [9.17, 15) is 9.59 Å². The molecule has 142 valence electrons. The van der Waals surface area contributed by atoms with Crippen molar-refractivity contribution < 1.29 is 19.1 Å². The van der Waals surface area contributed by atoms with E-state index < -0.39 is 5.97 Å². The molecule has 1 aromatic heterocycles. The van der Waals surface area contributed by atoms with Crippen LogP contribution in [0, 0.1) is 23.2 Å². The molecule has 4 aliphatic carbocycles. The zero-order chi connectivity index (χ0) is 18.3. The van der Waals surface area contributed by atoms with Crippen LogP contribution in [-0.2, 0) is 20.8 Å². The molecule has 4 bridgehead atoms. The summed E-state index contributed by atoms with van der Waals surface area (Å²) >= 11 is 1.22. The quantitative estimate of drug-likeness (QED) is 0.739. The molecule has 4 aliphatic rings. The van der Waals surface area contributed by atoms with Crippen molar-refractivity contribution in [2.24, 2.45) is 28.2 Å². The van der Waals surface area contributed by atoms with Gasteiger partial charge in [-0.3, -0.25) is 4.79 Å². The van der Waals surface area contributed by atoms with E-state index in [2.05, 4.69) is 4.99 Å². The molecule has 4 fully saturated rings. The number of aromatic nitrogens is 1. The molecule has 0 spiro atoms. The van der Waals surface area contributed by atoms with Gasteiger partial charge in [0.2, 0.25) is 0 Å². The number of carbonyl (C=O) groups excluding carboxylic acids is 2. The number of carbonyl (C=O) groups is 2. The Bertz CT molecular complexity index is 743. The molecule has 6 nitrogen and oxygen atoms in total. The molecule has 5 rings (SSSR count). The van der Waals surface area contributed by atoms with E-state index in [1.807, 2.05) is 4.57 Å². The number of amides is 1. The van der Waals surface area contributed by atoms with Crippen molar-refractivity contribution in [3.63, 3.8) is 0 Å². The zero-order valence-electron chi connectivity index (χ0n) is 15.4. The van der Waals surface area contributed by atoms with Crippen molar-refractivity contribution in [2.75, 3.05) is 20.8 Å². The Kier molecular flexibility index (Phi) is 4.77. The van der Waals surface area contributed by atoms with Gasteiger partial charge in [-0.25, -0.2) is 4.79 Å². The van der Waals surface area contributed by atoms with Crippen LogP contribution >= 0.6 is 11.3 Å². The molecule has 0 saturated heterocycles. The van der Waals surface area contributed by atoms with E-state index >= 15 is 0 Å². The molecule has 0 radical (unpaired) electrons. The van der Waals surface area contributed by atoms with Crippen LogP contribution in [0.4, 0.5) is 0 Å². The summed E-state index contributed by atoms with van der Waals surface area (Å²) in [5.74, 6) is 1.73. The van der Waals surface area contributed by atoms with E-state index in [1.165, 1.54) is 37.7 Å². The summed E-state index contributed by atoms with van der Waals surface area (Å²) in [6, 6.07) is 0. The highest BCUT2D eigenvalue weighted by atomic mass is 32.1. The van der Waals surface area contributed by atoms with Crippen LogP contribution in [0.2, 0.25) is 0 Å². The minimum absolute atomic E-state index is 0.0148. The van der Waals surface area contributed by atoms with Crippen LogP contribution in [0.3, 0.4) is 0 Å². The van der Waals surface area contributed by atoms with Crippen molar-refractivity contribution in [3.8, 4) is 0 Å². The first kappa shape index (κ1) is 17.9. The molecular formula is C19H26N2O4S. The molecule has 0 atom stereocenters. The summed E-state index contributed by atoms with van der Waals surface area (Å²) in [6.45, 7) is 1.05. The van der Waals surface area contributed by atoms with E-state index in [0.717, 1.165) is 19.3 Å². The van der Waals surface area contributed by atoms with Crippen molar-refractivity contribution in [1.29, 1.82) is 0 Å². The Morgan fingerprint density at radius 1 is 1.19 bits per heavy atom. The van der Waals surface area contributed by atoms with E-state index in [0.29, 0.717) is 40.6 Å². The second-order valence-electron chi connectivity index (χ2n) is 8.17.